The summed E-state index contributed by atoms with van der Waals surface area (Å²) >= 11 is 0. The highest BCUT2D eigenvalue weighted by Gasteiger charge is 2.35. The number of methoxy groups -OCH3 is 1. The Morgan fingerprint density at radius 3 is 2.94 bits per heavy atom. The third-order valence-corrected chi connectivity index (χ3v) is 3.98. The Morgan fingerprint density at radius 2 is 2.25 bits per heavy atom. The molecule has 0 aromatic heterocycles. The Labute approximate surface area is 97.3 Å². The van der Waals surface area contributed by atoms with Gasteiger partial charge in [-0.05, 0) is 51.2 Å². The number of rotatable bonds is 2. The molecule has 0 aromatic carbocycles. The molecule has 92 valence electrons. The zero-order valence-electron chi connectivity index (χ0n) is 10.2. The molecule has 0 radical (unpaired) electrons. The Hall–Kier alpha value is -0.610. The molecule has 0 amide bonds. The predicted molar refractivity (Wildman–Crippen MR) is 62.1 cm³/mol. The number of ether oxygens (including phenoxy) is 1. The van der Waals surface area contributed by atoms with Crippen molar-refractivity contribution in [1.29, 1.82) is 0 Å². The lowest BCUT2D eigenvalue weighted by Gasteiger charge is -2.33. The molecular weight excluding hydrogens is 204 g/mol. The normalized spacial score (nSPS) is 36.2. The Bertz CT molecular complexity index is 257. The fourth-order valence-electron chi connectivity index (χ4n) is 3.04. The molecule has 0 aliphatic carbocycles. The molecule has 3 unspecified atom stereocenters. The number of piperidine rings is 1. The van der Waals surface area contributed by atoms with E-state index in [1.807, 2.05) is 0 Å². The summed E-state index contributed by atoms with van der Waals surface area (Å²) in [4.78, 5) is 13.8. The maximum Gasteiger partial charge on any atom is 0.322 e. The fraction of sp³-hybridized carbons (Fsp3) is 0.917. The fourth-order valence-corrected chi connectivity index (χ4v) is 3.04. The van der Waals surface area contributed by atoms with Gasteiger partial charge in [0, 0.05) is 6.54 Å². The van der Waals surface area contributed by atoms with Gasteiger partial charge in [0.05, 0.1) is 7.11 Å². The molecule has 16 heavy (non-hydrogen) atoms. The van der Waals surface area contributed by atoms with Gasteiger partial charge in [-0.15, -0.1) is 0 Å². The molecule has 2 aliphatic rings. The van der Waals surface area contributed by atoms with Crippen molar-refractivity contribution < 1.29 is 9.53 Å². The van der Waals surface area contributed by atoms with Crippen LogP contribution in [0.4, 0.5) is 0 Å². The summed E-state index contributed by atoms with van der Waals surface area (Å²) in [6, 6.07) is -0.0674. The van der Waals surface area contributed by atoms with E-state index in [1.165, 1.54) is 33.0 Å². The maximum absolute atomic E-state index is 11.4. The van der Waals surface area contributed by atoms with Crippen LogP contribution in [-0.2, 0) is 9.53 Å². The SMILES string of the molecule is COC(=O)C1CC(C2CCCN(C)C2)CN1. The van der Waals surface area contributed by atoms with Gasteiger partial charge in [-0.1, -0.05) is 0 Å². The van der Waals surface area contributed by atoms with Crippen molar-refractivity contribution >= 4 is 5.97 Å². The third-order valence-electron chi connectivity index (χ3n) is 3.98. The summed E-state index contributed by atoms with van der Waals surface area (Å²) in [6.07, 6.45) is 3.55. The third kappa shape index (κ3) is 2.55. The minimum Gasteiger partial charge on any atom is -0.468 e. The van der Waals surface area contributed by atoms with Crippen LogP contribution in [0.15, 0.2) is 0 Å². The summed E-state index contributed by atoms with van der Waals surface area (Å²) in [7, 11) is 3.65. The monoisotopic (exact) mass is 226 g/mol. The topological polar surface area (TPSA) is 41.6 Å². The second kappa shape index (κ2) is 5.15. The van der Waals surface area contributed by atoms with Crippen LogP contribution >= 0.6 is 0 Å². The number of carbonyl (C=O) groups excluding carboxylic acids is 1. The standard InChI is InChI=1S/C12H22N2O2/c1-14-5-3-4-9(8-14)10-6-11(13-7-10)12(15)16-2/h9-11,13H,3-8H2,1-2H3. The van der Waals surface area contributed by atoms with Crippen molar-refractivity contribution in [3.05, 3.63) is 0 Å². The van der Waals surface area contributed by atoms with Crippen molar-refractivity contribution in [2.75, 3.05) is 33.8 Å². The Morgan fingerprint density at radius 1 is 1.44 bits per heavy atom. The maximum atomic E-state index is 11.4. The first-order valence-electron chi connectivity index (χ1n) is 6.20. The number of hydrogen-bond acceptors (Lipinski definition) is 4. The molecule has 1 N–H and O–H groups in total. The van der Waals surface area contributed by atoms with Gasteiger partial charge in [-0.25, -0.2) is 0 Å². The van der Waals surface area contributed by atoms with E-state index in [9.17, 15) is 4.79 Å². The van der Waals surface area contributed by atoms with Crippen molar-refractivity contribution in [3.8, 4) is 0 Å². The van der Waals surface area contributed by atoms with Crippen LogP contribution in [0, 0.1) is 11.8 Å². The molecule has 2 rings (SSSR count). The predicted octanol–water partition coefficient (Wildman–Crippen LogP) is 0.479. The summed E-state index contributed by atoms with van der Waals surface area (Å²) in [5, 5.41) is 3.28. The number of nitrogens with one attached hydrogen (secondary N) is 1. The van der Waals surface area contributed by atoms with Crippen LogP contribution < -0.4 is 5.32 Å². The number of hydrogen-bond donors (Lipinski definition) is 1. The zero-order chi connectivity index (χ0) is 11.5. The van der Waals surface area contributed by atoms with Gasteiger partial charge in [-0.3, -0.25) is 4.79 Å². The molecule has 2 saturated heterocycles. The second-order valence-corrected chi connectivity index (χ2v) is 5.14. The molecule has 2 heterocycles. The highest BCUT2D eigenvalue weighted by Crippen LogP contribution is 2.29. The Kier molecular flexibility index (Phi) is 3.82. The summed E-state index contributed by atoms with van der Waals surface area (Å²) < 4.78 is 4.78. The van der Waals surface area contributed by atoms with Gasteiger partial charge in [-0.2, -0.15) is 0 Å². The number of likely N-dealkylation sites (tertiary alicyclic amines) is 1. The van der Waals surface area contributed by atoms with Crippen LogP contribution in [-0.4, -0.2) is 50.7 Å². The van der Waals surface area contributed by atoms with Crippen LogP contribution in [0.25, 0.3) is 0 Å². The van der Waals surface area contributed by atoms with Gasteiger partial charge in [0.2, 0.25) is 0 Å². The quantitative estimate of drug-likeness (QED) is 0.695. The molecule has 0 aromatic rings. The Balaban J connectivity index is 1.85. The molecule has 0 saturated carbocycles. The number of esters is 1. The molecule has 0 spiro atoms. The van der Waals surface area contributed by atoms with Gasteiger partial charge in [0.15, 0.2) is 0 Å². The molecular formula is C12H22N2O2. The summed E-state index contributed by atoms with van der Waals surface area (Å²) in [5.74, 6) is 1.29. The van der Waals surface area contributed by atoms with Crippen molar-refractivity contribution in [2.24, 2.45) is 11.8 Å². The van der Waals surface area contributed by atoms with Crippen LogP contribution in [0.2, 0.25) is 0 Å². The minimum atomic E-state index is -0.105. The molecule has 3 atom stereocenters. The van der Waals surface area contributed by atoms with Crippen LogP contribution in [0.5, 0.6) is 0 Å². The highest BCUT2D eigenvalue weighted by atomic mass is 16.5. The minimum absolute atomic E-state index is 0.0674. The van der Waals surface area contributed by atoms with E-state index in [0.29, 0.717) is 5.92 Å². The first kappa shape index (κ1) is 11.9. The average Bonchev–Trinajstić information content (AvgIpc) is 2.77. The van der Waals surface area contributed by atoms with E-state index >= 15 is 0 Å². The lowest BCUT2D eigenvalue weighted by atomic mass is 9.84. The van der Waals surface area contributed by atoms with Crippen LogP contribution in [0.1, 0.15) is 19.3 Å². The van der Waals surface area contributed by atoms with E-state index < -0.39 is 0 Å². The first-order valence-corrected chi connectivity index (χ1v) is 6.20. The molecule has 2 aliphatic heterocycles. The van der Waals surface area contributed by atoms with Gasteiger partial charge in [0.1, 0.15) is 6.04 Å². The van der Waals surface area contributed by atoms with E-state index in [4.69, 9.17) is 4.74 Å². The number of nitrogens with zero attached hydrogens (tertiary/aromatic N) is 1. The van der Waals surface area contributed by atoms with Gasteiger partial charge < -0.3 is 15.0 Å². The zero-order valence-corrected chi connectivity index (χ0v) is 10.2. The van der Waals surface area contributed by atoms with Crippen molar-refractivity contribution in [2.45, 2.75) is 25.3 Å². The summed E-state index contributed by atoms with van der Waals surface area (Å²) in [5.41, 5.74) is 0. The van der Waals surface area contributed by atoms with Crippen molar-refractivity contribution in [1.82, 2.24) is 10.2 Å². The number of carbonyl (C=O) groups is 1. The van der Waals surface area contributed by atoms with Crippen LogP contribution in [0.3, 0.4) is 0 Å². The lowest BCUT2D eigenvalue weighted by Crippen LogP contribution is -2.36. The largest absolute Gasteiger partial charge is 0.468 e. The second-order valence-electron chi connectivity index (χ2n) is 5.14. The smallest absolute Gasteiger partial charge is 0.322 e. The van der Waals surface area contributed by atoms with E-state index in [1.54, 1.807) is 0 Å². The average molecular weight is 226 g/mol. The first-order chi connectivity index (χ1) is 7.70. The van der Waals surface area contributed by atoms with E-state index in [-0.39, 0.29) is 12.0 Å². The molecule has 4 nitrogen and oxygen atoms in total. The van der Waals surface area contributed by atoms with E-state index in [2.05, 4.69) is 17.3 Å². The van der Waals surface area contributed by atoms with Gasteiger partial charge >= 0.3 is 5.97 Å². The molecule has 4 heteroatoms. The van der Waals surface area contributed by atoms with Gasteiger partial charge in [0.25, 0.3) is 0 Å². The summed E-state index contributed by atoms with van der Waals surface area (Å²) in [6.45, 7) is 3.37. The van der Waals surface area contributed by atoms with E-state index in [0.717, 1.165) is 18.9 Å². The van der Waals surface area contributed by atoms with Crippen molar-refractivity contribution in [3.63, 3.8) is 0 Å². The highest BCUT2D eigenvalue weighted by molar-refractivity contribution is 5.76. The molecule has 0 bridgehead atoms. The lowest BCUT2D eigenvalue weighted by molar-refractivity contribution is -0.142. The molecule has 2 fully saturated rings.